The zero-order valence-corrected chi connectivity index (χ0v) is 13.3. The van der Waals surface area contributed by atoms with E-state index in [1.165, 1.54) is 5.56 Å². The summed E-state index contributed by atoms with van der Waals surface area (Å²) in [6, 6.07) is 17.1. The highest BCUT2D eigenvalue weighted by Gasteiger charge is 2.16. The monoisotopic (exact) mass is 319 g/mol. The molecule has 4 nitrogen and oxygen atoms in total. The SMILES string of the molecule is O=[C][C@@H](CCCc1ccccc1)NC(=O)c1c[nH]c2ccccc12. The molecule has 1 aromatic heterocycles. The van der Waals surface area contributed by atoms with E-state index in [4.69, 9.17) is 0 Å². The third-order valence-electron chi connectivity index (χ3n) is 4.08. The van der Waals surface area contributed by atoms with Crippen LogP contribution in [0.5, 0.6) is 0 Å². The van der Waals surface area contributed by atoms with E-state index in [2.05, 4.69) is 22.4 Å². The molecule has 0 bridgehead atoms. The number of rotatable bonds is 7. The maximum absolute atomic E-state index is 12.4. The first-order valence-corrected chi connectivity index (χ1v) is 8.06. The van der Waals surface area contributed by atoms with Crippen LogP contribution in [-0.2, 0) is 11.2 Å². The van der Waals surface area contributed by atoms with E-state index in [0.717, 1.165) is 23.7 Å². The predicted molar refractivity (Wildman–Crippen MR) is 94.6 cm³/mol. The van der Waals surface area contributed by atoms with E-state index in [9.17, 15) is 9.59 Å². The summed E-state index contributed by atoms with van der Waals surface area (Å²) < 4.78 is 0. The highest BCUT2D eigenvalue weighted by atomic mass is 16.2. The average Bonchev–Trinajstić information content (AvgIpc) is 3.06. The van der Waals surface area contributed by atoms with E-state index < -0.39 is 6.04 Å². The van der Waals surface area contributed by atoms with Crippen molar-refractivity contribution >= 4 is 23.1 Å². The Labute approximate surface area is 140 Å². The lowest BCUT2D eigenvalue weighted by Crippen LogP contribution is -2.35. The van der Waals surface area contributed by atoms with Gasteiger partial charge in [0.1, 0.15) is 0 Å². The Morgan fingerprint density at radius 1 is 1.08 bits per heavy atom. The number of aromatic amines is 1. The first-order chi connectivity index (χ1) is 11.8. The van der Waals surface area contributed by atoms with Crippen molar-refractivity contribution < 1.29 is 9.59 Å². The first-order valence-electron chi connectivity index (χ1n) is 8.06. The summed E-state index contributed by atoms with van der Waals surface area (Å²) in [7, 11) is 0. The molecule has 0 unspecified atom stereocenters. The largest absolute Gasteiger partial charge is 0.360 e. The Balaban J connectivity index is 1.58. The molecule has 1 radical (unpaired) electrons. The van der Waals surface area contributed by atoms with Crippen LogP contribution in [0.2, 0.25) is 0 Å². The zero-order valence-electron chi connectivity index (χ0n) is 13.3. The van der Waals surface area contributed by atoms with Crippen molar-refractivity contribution in [2.75, 3.05) is 0 Å². The van der Waals surface area contributed by atoms with Crippen molar-refractivity contribution in [2.45, 2.75) is 25.3 Å². The predicted octanol–water partition coefficient (Wildman–Crippen LogP) is 3.40. The standard InChI is InChI=1S/C20H19N2O2/c23-14-16(10-6-9-15-7-2-1-3-8-15)22-20(24)18-13-21-19-12-5-4-11-17(18)19/h1-5,7-8,11-13,16,21H,6,9-10H2,(H,22,24)/t16-/m1/s1. The second-order valence-electron chi connectivity index (χ2n) is 5.77. The third kappa shape index (κ3) is 3.71. The number of carbonyl (C=O) groups excluding carboxylic acids is 2. The molecule has 24 heavy (non-hydrogen) atoms. The van der Waals surface area contributed by atoms with E-state index in [1.54, 1.807) is 6.20 Å². The van der Waals surface area contributed by atoms with Crippen LogP contribution >= 0.6 is 0 Å². The fourth-order valence-electron chi connectivity index (χ4n) is 2.81. The number of hydrogen-bond donors (Lipinski definition) is 2. The number of amides is 1. The topological polar surface area (TPSA) is 62.0 Å². The van der Waals surface area contributed by atoms with Gasteiger partial charge in [0.25, 0.3) is 5.91 Å². The summed E-state index contributed by atoms with van der Waals surface area (Å²) in [6.45, 7) is 0. The van der Waals surface area contributed by atoms with E-state index in [-0.39, 0.29) is 5.91 Å². The molecule has 1 amide bonds. The lowest BCUT2D eigenvalue weighted by molar-refractivity contribution is 0.0946. The molecule has 0 spiro atoms. The van der Waals surface area contributed by atoms with Crippen molar-refractivity contribution in [3.05, 3.63) is 71.9 Å². The van der Waals surface area contributed by atoms with Gasteiger partial charge in [0, 0.05) is 17.1 Å². The minimum atomic E-state index is -0.588. The maximum Gasteiger partial charge on any atom is 0.254 e. The number of fused-ring (bicyclic) bond motifs is 1. The van der Waals surface area contributed by atoms with Crippen molar-refractivity contribution in [1.29, 1.82) is 0 Å². The van der Waals surface area contributed by atoms with Crippen molar-refractivity contribution in [1.82, 2.24) is 10.3 Å². The molecule has 0 aliphatic rings. The number of para-hydroxylation sites is 1. The van der Waals surface area contributed by atoms with E-state index in [1.807, 2.05) is 48.8 Å². The summed E-state index contributed by atoms with van der Waals surface area (Å²) in [5.74, 6) is -0.250. The number of carbonyl (C=O) groups is 1. The number of aromatic nitrogens is 1. The number of H-pyrrole nitrogens is 1. The fourth-order valence-corrected chi connectivity index (χ4v) is 2.81. The van der Waals surface area contributed by atoms with Crippen molar-refractivity contribution in [3.8, 4) is 0 Å². The molecule has 3 aromatic rings. The molecule has 121 valence electrons. The van der Waals surface area contributed by atoms with Gasteiger partial charge >= 0.3 is 0 Å². The van der Waals surface area contributed by atoms with Crippen LogP contribution in [0.3, 0.4) is 0 Å². The van der Waals surface area contributed by atoms with E-state index >= 15 is 0 Å². The Hall–Kier alpha value is -2.88. The highest BCUT2D eigenvalue weighted by Crippen LogP contribution is 2.17. The zero-order chi connectivity index (χ0) is 16.8. The summed E-state index contributed by atoms with van der Waals surface area (Å²) in [6.07, 6.45) is 5.88. The lowest BCUT2D eigenvalue weighted by Gasteiger charge is -2.11. The molecule has 0 fully saturated rings. The van der Waals surface area contributed by atoms with Gasteiger partial charge in [-0.3, -0.25) is 9.59 Å². The molecule has 3 rings (SSSR count). The third-order valence-corrected chi connectivity index (χ3v) is 4.08. The molecular formula is C20H19N2O2. The van der Waals surface area contributed by atoms with Gasteiger partial charge in [0.2, 0.25) is 6.29 Å². The smallest absolute Gasteiger partial charge is 0.254 e. The van der Waals surface area contributed by atoms with Gasteiger partial charge in [-0.05, 0) is 30.9 Å². The lowest BCUT2D eigenvalue weighted by atomic mass is 10.0. The summed E-state index contributed by atoms with van der Waals surface area (Å²) in [5.41, 5.74) is 2.68. The van der Waals surface area contributed by atoms with Gasteiger partial charge in [0.15, 0.2) is 0 Å². The Kier molecular flexibility index (Phi) is 5.06. The van der Waals surface area contributed by atoms with Crippen LogP contribution in [0.15, 0.2) is 60.8 Å². The summed E-state index contributed by atoms with van der Waals surface area (Å²) >= 11 is 0. The molecule has 4 heteroatoms. The fraction of sp³-hybridized carbons (Fsp3) is 0.200. The van der Waals surface area contributed by atoms with Crippen LogP contribution in [0.4, 0.5) is 0 Å². The molecule has 1 atom stereocenters. The van der Waals surface area contributed by atoms with Crippen LogP contribution in [0, 0.1) is 0 Å². The van der Waals surface area contributed by atoms with Gasteiger partial charge in [-0.1, -0.05) is 48.5 Å². The Morgan fingerprint density at radius 3 is 2.62 bits per heavy atom. The molecule has 2 aromatic carbocycles. The average molecular weight is 319 g/mol. The van der Waals surface area contributed by atoms with Crippen molar-refractivity contribution in [2.24, 2.45) is 0 Å². The van der Waals surface area contributed by atoms with Crippen LogP contribution in [-0.4, -0.2) is 23.2 Å². The van der Waals surface area contributed by atoms with Gasteiger partial charge in [-0.15, -0.1) is 0 Å². The minimum Gasteiger partial charge on any atom is -0.360 e. The van der Waals surface area contributed by atoms with Gasteiger partial charge in [-0.2, -0.15) is 0 Å². The van der Waals surface area contributed by atoms with Crippen molar-refractivity contribution in [3.63, 3.8) is 0 Å². The van der Waals surface area contributed by atoms with Crippen LogP contribution in [0.1, 0.15) is 28.8 Å². The molecule has 0 saturated carbocycles. The minimum absolute atomic E-state index is 0.250. The first kappa shape index (κ1) is 16.0. The number of hydrogen-bond acceptors (Lipinski definition) is 2. The number of benzene rings is 2. The molecule has 0 saturated heterocycles. The van der Waals surface area contributed by atoms with Gasteiger partial charge in [0.05, 0.1) is 11.6 Å². The quantitative estimate of drug-likeness (QED) is 0.701. The van der Waals surface area contributed by atoms with Gasteiger partial charge < -0.3 is 10.3 Å². The Morgan fingerprint density at radius 2 is 1.83 bits per heavy atom. The van der Waals surface area contributed by atoms with Gasteiger partial charge in [-0.25, -0.2) is 0 Å². The Bertz CT molecular complexity index is 824. The number of nitrogens with one attached hydrogen (secondary N) is 2. The molecule has 1 heterocycles. The van der Waals surface area contributed by atoms with Crippen LogP contribution in [0.25, 0.3) is 10.9 Å². The summed E-state index contributed by atoms with van der Waals surface area (Å²) in [4.78, 5) is 26.6. The second kappa shape index (κ2) is 7.59. The maximum atomic E-state index is 12.4. The second-order valence-corrected chi connectivity index (χ2v) is 5.77. The van der Waals surface area contributed by atoms with E-state index in [0.29, 0.717) is 12.0 Å². The summed E-state index contributed by atoms with van der Waals surface area (Å²) in [5, 5.41) is 3.62. The molecule has 0 aliphatic heterocycles. The normalized spacial score (nSPS) is 12.0. The molecule has 0 aliphatic carbocycles. The molecular weight excluding hydrogens is 300 g/mol. The number of aryl methyl sites for hydroxylation is 1. The van der Waals surface area contributed by atoms with Crippen LogP contribution < -0.4 is 5.32 Å². The molecule has 2 N–H and O–H groups in total. The highest BCUT2D eigenvalue weighted by molar-refractivity contribution is 6.07.